The molecule has 0 aliphatic rings. The SMILES string of the molecule is CCOCCN(C)S(=O)(=O)c1ccc(F)c(CO)c1F. The van der Waals surface area contributed by atoms with Crippen molar-refractivity contribution < 1.29 is 27.0 Å². The number of likely N-dealkylation sites (N-methyl/N-ethyl adjacent to an activating group) is 1. The van der Waals surface area contributed by atoms with Crippen LogP contribution in [0.3, 0.4) is 0 Å². The van der Waals surface area contributed by atoms with E-state index < -0.39 is 38.7 Å². The summed E-state index contributed by atoms with van der Waals surface area (Å²) in [7, 11) is -2.83. The van der Waals surface area contributed by atoms with E-state index >= 15 is 0 Å². The molecule has 20 heavy (non-hydrogen) atoms. The number of rotatable bonds is 7. The van der Waals surface area contributed by atoms with Gasteiger partial charge in [0.25, 0.3) is 0 Å². The standard InChI is InChI=1S/C12H17F2NO4S/c1-3-19-7-6-15(2)20(17,18)11-5-4-10(13)9(8-16)12(11)14/h4-5,16H,3,6-8H2,1-2H3. The van der Waals surface area contributed by atoms with Crippen molar-refractivity contribution in [3.05, 3.63) is 29.3 Å². The van der Waals surface area contributed by atoms with Gasteiger partial charge in [0.1, 0.15) is 10.7 Å². The minimum atomic E-state index is -4.10. The molecule has 0 unspecified atom stereocenters. The molecule has 8 heteroatoms. The lowest BCUT2D eigenvalue weighted by Gasteiger charge is -2.18. The summed E-state index contributed by atoms with van der Waals surface area (Å²) in [5.74, 6) is -2.25. The summed E-state index contributed by atoms with van der Waals surface area (Å²) in [5, 5.41) is 8.89. The topological polar surface area (TPSA) is 66.8 Å². The van der Waals surface area contributed by atoms with Gasteiger partial charge in [0.2, 0.25) is 10.0 Å². The molecule has 5 nitrogen and oxygen atoms in total. The molecule has 1 aromatic carbocycles. The first-order valence-electron chi connectivity index (χ1n) is 5.98. The van der Waals surface area contributed by atoms with E-state index in [4.69, 9.17) is 9.84 Å². The van der Waals surface area contributed by atoms with Gasteiger partial charge in [0.05, 0.1) is 18.8 Å². The van der Waals surface area contributed by atoms with Crippen molar-refractivity contribution in [2.75, 3.05) is 26.8 Å². The molecule has 0 radical (unpaired) electrons. The molecule has 0 amide bonds. The van der Waals surface area contributed by atoms with Crippen LogP contribution in [0.5, 0.6) is 0 Å². The molecule has 0 heterocycles. The Bertz CT molecular complexity index is 563. The highest BCUT2D eigenvalue weighted by atomic mass is 32.2. The molecule has 0 atom stereocenters. The first kappa shape index (κ1) is 17.0. The van der Waals surface area contributed by atoms with Crippen LogP contribution in [0.2, 0.25) is 0 Å². The van der Waals surface area contributed by atoms with Gasteiger partial charge in [-0.25, -0.2) is 17.2 Å². The molecule has 0 aliphatic heterocycles. The molecule has 0 fully saturated rings. The second-order valence-corrected chi connectivity index (χ2v) is 6.03. The summed E-state index contributed by atoms with van der Waals surface area (Å²) in [6, 6.07) is 1.66. The molecular formula is C12H17F2NO4S. The molecule has 0 aliphatic carbocycles. The lowest BCUT2D eigenvalue weighted by atomic mass is 10.2. The van der Waals surface area contributed by atoms with Gasteiger partial charge in [-0.3, -0.25) is 0 Å². The first-order chi connectivity index (χ1) is 9.36. The highest BCUT2D eigenvalue weighted by molar-refractivity contribution is 7.89. The number of nitrogens with zero attached hydrogens (tertiary/aromatic N) is 1. The van der Waals surface area contributed by atoms with Crippen LogP contribution < -0.4 is 0 Å². The quantitative estimate of drug-likeness (QED) is 0.766. The molecule has 0 saturated heterocycles. The third-order valence-electron chi connectivity index (χ3n) is 2.75. The van der Waals surface area contributed by atoms with E-state index in [0.29, 0.717) is 6.61 Å². The second kappa shape index (κ2) is 7.07. The number of aliphatic hydroxyl groups excluding tert-OH is 1. The number of aliphatic hydroxyl groups is 1. The van der Waals surface area contributed by atoms with Crippen molar-refractivity contribution in [3.63, 3.8) is 0 Å². The summed E-state index contributed by atoms with van der Waals surface area (Å²) >= 11 is 0. The lowest BCUT2D eigenvalue weighted by molar-refractivity contribution is 0.138. The fraction of sp³-hybridized carbons (Fsp3) is 0.500. The summed E-state index contributed by atoms with van der Waals surface area (Å²) in [6.07, 6.45) is 0. The molecular weight excluding hydrogens is 292 g/mol. The zero-order valence-electron chi connectivity index (χ0n) is 11.3. The zero-order valence-corrected chi connectivity index (χ0v) is 12.1. The van der Waals surface area contributed by atoms with Crippen molar-refractivity contribution >= 4 is 10.0 Å². The van der Waals surface area contributed by atoms with Crippen LogP contribution in [0, 0.1) is 11.6 Å². The predicted octanol–water partition coefficient (Wildman–Crippen LogP) is 1.11. The van der Waals surface area contributed by atoms with E-state index in [1.807, 2.05) is 0 Å². The Morgan fingerprint density at radius 1 is 1.35 bits per heavy atom. The molecule has 0 spiro atoms. The Morgan fingerprint density at radius 2 is 2.00 bits per heavy atom. The van der Waals surface area contributed by atoms with Crippen LogP contribution in [0.25, 0.3) is 0 Å². The minimum Gasteiger partial charge on any atom is -0.391 e. The van der Waals surface area contributed by atoms with Crippen molar-refractivity contribution in [3.8, 4) is 0 Å². The Morgan fingerprint density at radius 3 is 2.55 bits per heavy atom. The van der Waals surface area contributed by atoms with E-state index in [-0.39, 0.29) is 13.2 Å². The molecule has 0 saturated carbocycles. The fourth-order valence-electron chi connectivity index (χ4n) is 1.55. The van der Waals surface area contributed by atoms with Crippen LogP contribution in [0.4, 0.5) is 8.78 Å². The molecule has 1 aromatic rings. The number of halogens is 2. The molecule has 1 rings (SSSR count). The van der Waals surface area contributed by atoms with Crippen LogP contribution in [0.15, 0.2) is 17.0 Å². The van der Waals surface area contributed by atoms with Crippen LogP contribution in [-0.4, -0.2) is 44.6 Å². The third-order valence-corrected chi connectivity index (χ3v) is 4.63. The van der Waals surface area contributed by atoms with Gasteiger partial charge in [0.15, 0.2) is 5.82 Å². The zero-order chi connectivity index (χ0) is 15.3. The van der Waals surface area contributed by atoms with Gasteiger partial charge in [0, 0.05) is 20.2 Å². The van der Waals surface area contributed by atoms with Gasteiger partial charge in [-0.1, -0.05) is 0 Å². The number of hydrogen-bond donors (Lipinski definition) is 1. The monoisotopic (exact) mass is 309 g/mol. The van der Waals surface area contributed by atoms with Crippen LogP contribution in [-0.2, 0) is 21.4 Å². The van der Waals surface area contributed by atoms with Gasteiger partial charge in [-0.2, -0.15) is 4.31 Å². The van der Waals surface area contributed by atoms with Gasteiger partial charge < -0.3 is 9.84 Å². The molecule has 114 valence electrons. The van der Waals surface area contributed by atoms with E-state index in [1.54, 1.807) is 6.92 Å². The number of sulfonamides is 1. The maximum atomic E-state index is 13.9. The van der Waals surface area contributed by atoms with Gasteiger partial charge >= 0.3 is 0 Å². The summed E-state index contributed by atoms with van der Waals surface area (Å²) < 4.78 is 57.4. The predicted molar refractivity (Wildman–Crippen MR) is 68.6 cm³/mol. The minimum absolute atomic E-state index is 0.0431. The molecule has 0 aromatic heterocycles. The highest BCUT2D eigenvalue weighted by Crippen LogP contribution is 2.23. The normalized spacial score (nSPS) is 12.1. The van der Waals surface area contributed by atoms with Crippen molar-refractivity contribution in [1.82, 2.24) is 4.31 Å². The average Bonchev–Trinajstić information content (AvgIpc) is 2.39. The summed E-state index contributed by atoms with van der Waals surface area (Å²) in [5.41, 5.74) is -0.663. The van der Waals surface area contributed by atoms with Gasteiger partial charge in [-0.05, 0) is 19.1 Å². The summed E-state index contributed by atoms with van der Waals surface area (Å²) in [6.45, 7) is 1.50. The van der Waals surface area contributed by atoms with Crippen molar-refractivity contribution in [1.29, 1.82) is 0 Å². The summed E-state index contributed by atoms with van der Waals surface area (Å²) in [4.78, 5) is -0.665. The second-order valence-electron chi connectivity index (χ2n) is 4.02. The Hall–Kier alpha value is -1.09. The molecule has 0 bridgehead atoms. The Labute approximate surface area is 116 Å². The Kier molecular flexibility index (Phi) is 6.00. The van der Waals surface area contributed by atoms with Crippen molar-refractivity contribution in [2.24, 2.45) is 0 Å². The van der Waals surface area contributed by atoms with Crippen LogP contribution in [0.1, 0.15) is 12.5 Å². The maximum absolute atomic E-state index is 13.9. The number of ether oxygens (including phenoxy) is 1. The largest absolute Gasteiger partial charge is 0.391 e. The van der Waals surface area contributed by atoms with E-state index in [9.17, 15) is 17.2 Å². The number of benzene rings is 1. The number of hydrogen-bond acceptors (Lipinski definition) is 4. The van der Waals surface area contributed by atoms with E-state index in [2.05, 4.69) is 0 Å². The molecule has 1 N–H and O–H groups in total. The Balaban J connectivity index is 3.10. The average molecular weight is 309 g/mol. The van der Waals surface area contributed by atoms with Crippen molar-refractivity contribution in [2.45, 2.75) is 18.4 Å². The highest BCUT2D eigenvalue weighted by Gasteiger charge is 2.27. The van der Waals surface area contributed by atoms with Crippen LogP contribution >= 0.6 is 0 Å². The maximum Gasteiger partial charge on any atom is 0.245 e. The van der Waals surface area contributed by atoms with E-state index in [1.165, 1.54) is 7.05 Å². The van der Waals surface area contributed by atoms with E-state index in [0.717, 1.165) is 16.4 Å². The lowest BCUT2D eigenvalue weighted by Crippen LogP contribution is -2.31. The first-order valence-corrected chi connectivity index (χ1v) is 7.42. The third kappa shape index (κ3) is 3.51. The smallest absolute Gasteiger partial charge is 0.245 e. The fourth-order valence-corrected chi connectivity index (χ4v) is 2.79. The van der Waals surface area contributed by atoms with Gasteiger partial charge in [-0.15, -0.1) is 0 Å².